The minimum atomic E-state index is -1.17. The fourth-order valence-electron chi connectivity index (χ4n) is 1.82. The lowest BCUT2D eigenvalue weighted by Gasteiger charge is -2.44. The highest BCUT2D eigenvalue weighted by atomic mass is 16.4. The number of piperidine rings is 1. The summed E-state index contributed by atoms with van der Waals surface area (Å²) in [4.78, 5) is 23.3. The van der Waals surface area contributed by atoms with Gasteiger partial charge in [0.25, 0.3) is 0 Å². The standard InChI is InChI=1S/C10H17NO3/c1-10(2,3)8-6-7(12)4-5-11(8)9(13)14/h8H,4-6H2,1-3H3,(H,13,14)/p-1. The summed E-state index contributed by atoms with van der Waals surface area (Å²) in [7, 11) is 0. The van der Waals surface area contributed by atoms with Crippen molar-refractivity contribution in [3.05, 3.63) is 0 Å². The average molecular weight is 198 g/mol. The lowest BCUT2D eigenvalue weighted by molar-refractivity contribution is -0.270. The van der Waals surface area contributed by atoms with Crippen LogP contribution in [-0.4, -0.2) is 29.4 Å². The normalized spacial score (nSPS) is 23.8. The van der Waals surface area contributed by atoms with Crippen molar-refractivity contribution >= 4 is 11.9 Å². The first-order valence-electron chi connectivity index (χ1n) is 4.81. The molecule has 1 fully saturated rings. The maximum Gasteiger partial charge on any atom is 0.137 e. The van der Waals surface area contributed by atoms with Gasteiger partial charge >= 0.3 is 0 Å². The molecule has 0 spiro atoms. The molecule has 0 bridgehead atoms. The molecule has 14 heavy (non-hydrogen) atoms. The zero-order chi connectivity index (χ0) is 10.9. The van der Waals surface area contributed by atoms with E-state index in [2.05, 4.69) is 0 Å². The molecule has 0 N–H and O–H groups in total. The van der Waals surface area contributed by atoms with E-state index < -0.39 is 6.09 Å². The minimum Gasteiger partial charge on any atom is -0.530 e. The van der Waals surface area contributed by atoms with Crippen molar-refractivity contribution in [2.24, 2.45) is 5.41 Å². The van der Waals surface area contributed by atoms with Crippen molar-refractivity contribution in [1.29, 1.82) is 0 Å². The number of carbonyl (C=O) groups excluding carboxylic acids is 2. The van der Waals surface area contributed by atoms with E-state index in [1.54, 1.807) is 0 Å². The fraction of sp³-hybridized carbons (Fsp3) is 0.800. The van der Waals surface area contributed by atoms with Crippen LogP contribution in [0.3, 0.4) is 0 Å². The maximum absolute atomic E-state index is 11.2. The summed E-state index contributed by atoms with van der Waals surface area (Å²) in [6, 6.07) is -0.242. The molecule has 1 atom stereocenters. The van der Waals surface area contributed by atoms with E-state index in [-0.39, 0.29) is 23.8 Å². The van der Waals surface area contributed by atoms with Crippen LogP contribution in [0, 0.1) is 5.41 Å². The molecule has 4 nitrogen and oxygen atoms in total. The zero-order valence-electron chi connectivity index (χ0n) is 8.87. The van der Waals surface area contributed by atoms with Crippen molar-refractivity contribution in [3.8, 4) is 0 Å². The van der Waals surface area contributed by atoms with Gasteiger partial charge in [-0.2, -0.15) is 0 Å². The van der Waals surface area contributed by atoms with Crippen LogP contribution in [0.25, 0.3) is 0 Å². The topological polar surface area (TPSA) is 60.4 Å². The van der Waals surface area contributed by atoms with Crippen LogP contribution in [-0.2, 0) is 4.79 Å². The Morgan fingerprint density at radius 1 is 1.50 bits per heavy atom. The molecule has 0 aliphatic carbocycles. The van der Waals surface area contributed by atoms with Gasteiger partial charge in [-0.15, -0.1) is 0 Å². The van der Waals surface area contributed by atoms with E-state index >= 15 is 0 Å². The van der Waals surface area contributed by atoms with Gasteiger partial charge in [-0.25, -0.2) is 0 Å². The highest BCUT2D eigenvalue weighted by molar-refractivity contribution is 5.81. The zero-order valence-corrected chi connectivity index (χ0v) is 8.87. The van der Waals surface area contributed by atoms with Gasteiger partial charge in [0, 0.05) is 25.4 Å². The fourth-order valence-corrected chi connectivity index (χ4v) is 1.82. The number of likely N-dealkylation sites (tertiary alicyclic amines) is 1. The number of hydrogen-bond acceptors (Lipinski definition) is 3. The summed E-state index contributed by atoms with van der Waals surface area (Å²) in [5, 5.41) is 10.8. The molecule has 0 radical (unpaired) electrons. The van der Waals surface area contributed by atoms with Crippen molar-refractivity contribution in [3.63, 3.8) is 0 Å². The number of hydrogen-bond donors (Lipinski definition) is 0. The smallest absolute Gasteiger partial charge is 0.137 e. The van der Waals surface area contributed by atoms with E-state index in [1.807, 2.05) is 20.8 Å². The summed E-state index contributed by atoms with van der Waals surface area (Å²) in [6.07, 6.45) is -0.532. The molecule has 1 aliphatic heterocycles. The first-order valence-corrected chi connectivity index (χ1v) is 4.81. The predicted molar refractivity (Wildman–Crippen MR) is 49.6 cm³/mol. The number of ketones is 1. The SMILES string of the molecule is CC(C)(C)C1CC(=O)CCN1C(=O)[O-]. The van der Waals surface area contributed by atoms with Gasteiger partial charge in [-0.05, 0) is 5.41 Å². The summed E-state index contributed by atoms with van der Waals surface area (Å²) in [5.74, 6) is 0.141. The van der Waals surface area contributed by atoms with Crippen LogP contribution in [0.5, 0.6) is 0 Å². The molecule has 1 unspecified atom stereocenters. The van der Waals surface area contributed by atoms with E-state index in [9.17, 15) is 14.7 Å². The molecule has 0 aromatic rings. The Kier molecular flexibility index (Phi) is 2.83. The average Bonchev–Trinajstić information content (AvgIpc) is 2.01. The van der Waals surface area contributed by atoms with Crippen LogP contribution in [0.4, 0.5) is 4.79 Å². The van der Waals surface area contributed by atoms with Gasteiger partial charge in [0.1, 0.15) is 11.9 Å². The van der Waals surface area contributed by atoms with E-state index in [0.29, 0.717) is 12.8 Å². The van der Waals surface area contributed by atoms with Crippen molar-refractivity contribution < 1.29 is 14.7 Å². The number of rotatable bonds is 0. The molecular weight excluding hydrogens is 182 g/mol. The van der Waals surface area contributed by atoms with Gasteiger partial charge in [0.15, 0.2) is 0 Å². The van der Waals surface area contributed by atoms with Crippen molar-refractivity contribution in [2.45, 2.75) is 39.7 Å². The van der Waals surface area contributed by atoms with E-state index in [0.717, 1.165) is 0 Å². The Bertz CT molecular complexity index is 255. The number of carboxylic acid groups (broad SMARTS) is 1. The summed E-state index contributed by atoms with van der Waals surface area (Å²) < 4.78 is 0. The molecule has 1 heterocycles. The highest BCUT2D eigenvalue weighted by Crippen LogP contribution is 2.30. The molecule has 80 valence electrons. The highest BCUT2D eigenvalue weighted by Gasteiger charge is 2.35. The first kappa shape index (κ1) is 11.0. The second kappa shape index (κ2) is 3.59. The third-order valence-corrected chi connectivity index (χ3v) is 2.66. The second-order valence-electron chi connectivity index (χ2n) is 4.83. The Morgan fingerprint density at radius 3 is 2.50 bits per heavy atom. The third kappa shape index (κ3) is 2.25. The van der Waals surface area contributed by atoms with Crippen LogP contribution in [0.1, 0.15) is 33.6 Å². The summed E-state index contributed by atoms with van der Waals surface area (Å²) in [6.45, 7) is 6.09. The van der Waals surface area contributed by atoms with Crippen LogP contribution in [0.2, 0.25) is 0 Å². The Hall–Kier alpha value is -1.06. The molecule has 1 amide bonds. The number of nitrogens with zero attached hydrogens (tertiary/aromatic N) is 1. The molecule has 0 aromatic heterocycles. The monoisotopic (exact) mass is 198 g/mol. The lowest BCUT2D eigenvalue weighted by atomic mass is 9.80. The van der Waals surface area contributed by atoms with Crippen LogP contribution in [0.15, 0.2) is 0 Å². The number of carbonyl (C=O) groups is 2. The van der Waals surface area contributed by atoms with Gasteiger partial charge < -0.3 is 14.8 Å². The van der Waals surface area contributed by atoms with Crippen molar-refractivity contribution in [1.82, 2.24) is 4.90 Å². The Balaban J connectivity index is 2.84. The van der Waals surface area contributed by atoms with Gasteiger partial charge in [0.05, 0.1) is 0 Å². The second-order valence-corrected chi connectivity index (χ2v) is 4.83. The van der Waals surface area contributed by atoms with Crippen LogP contribution < -0.4 is 5.11 Å². The van der Waals surface area contributed by atoms with E-state index in [4.69, 9.17) is 0 Å². The van der Waals surface area contributed by atoms with Crippen LogP contribution >= 0.6 is 0 Å². The van der Waals surface area contributed by atoms with Gasteiger partial charge in [-0.1, -0.05) is 20.8 Å². The van der Waals surface area contributed by atoms with Gasteiger partial charge in [-0.3, -0.25) is 4.79 Å². The van der Waals surface area contributed by atoms with Gasteiger partial charge in [0.2, 0.25) is 0 Å². The molecule has 0 saturated carbocycles. The lowest BCUT2D eigenvalue weighted by Crippen LogP contribution is -2.56. The number of Topliss-reactive ketones (excluding diaryl/α,β-unsaturated/α-hetero) is 1. The molecule has 1 aliphatic rings. The maximum atomic E-state index is 11.2. The Labute approximate surface area is 83.9 Å². The van der Waals surface area contributed by atoms with Crippen molar-refractivity contribution in [2.75, 3.05) is 6.54 Å². The Morgan fingerprint density at radius 2 is 2.07 bits per heavy atom. The largest absolute Gasteiger partial charge is 0.530 e. The number of amides is 1. The quantitative estimate of drug-likeness (QED) is 0.566. The predicted octanol–water partition coefficient (Wildman–Crippen LogP) is 0.409. The molecule has 1 rings (SSSR count). The molecular formula is C10H16NO3-. The molecule has 4 heteroatoms. The first-order chi connectivity index (χ1) is 6.32. The minimum absolute atomic E-state index is 0.141. The molecule has 0 aromatic carbocycles. The molecule has 1 saturated heterocycles. The summed E-state index contributed by atoms with van der Waals surface area (Å²) in [5.41, 5.74) is -0.212. The third-order valence-electron chi connectivity index (χ3n) is 2.66. The summed E-state index contributed by atoms with van der Waals surface area (Å²) >= 11 is 0. The van der Waals surface area contributed by atoms with E-state index in [1.165, 1.54) is 4.90 Å².